The number of rotatable bonds is 5. The molecule has 1 N–H and O–H groups in total. The Balaban J connectivity index is 2.64. The molecule has 0 bridgehead atoms. The number of benzene rings is 1. The van der Waals surface area contributed by atoms with Crippen LogP contribution >= 0.6 is 27.5 Å². The molecule has 0 fully saturated rings. The summed E-state index contributed by atoms with van der Waals surface area (Å²) in [6.45, 7) is 4.68. The smallest absolute Gasteiger partial charge is 0.146 e. The molecule has 1 aromatic rings. The summed E-state index contributed by atoms with van der Waals surface area (Å²) in [7, 11) is 0. The van der Waals surface area contributed by atoms with Crippen molar-refractivity contribution in [1.82, 2.24) is 5.32 Å². The van der Waals surface area contributed by atoms with Gasteiger partial charge in [0.25, 0.3) is 0 Å². The van der Waals surface area contributed by atoms with Gasteiger partial charge in [-0.05, 0) is 26.3 Å². The van der Waals surface area contributed by atoms with Gasteiger partial charge in [0, 0.05) is 23.0 Å². The van der Waals surface area contributed by atoms with Crippen LogP contribution in [0.25, 0.3) is 0 Å². The van der Waals surface area contributed by atoms with Crippen LogP contribution in [0.3, 0.4) is 0 Å². The molecule has 0 aliphatic heterocycles. The Labute approximate surface area is 110 Å². The standard InChI is InChI=1S/C12H16BrClFN/c1-12(2,6-7-13)16-8-9-4-3-5-10(14)11(9)15/h3-5,16H,6-8H2,1-2H3. The predicted octanol–water partition coefficient (Wildman–Crippen LogP) is 4.13. The van der Waals surface area contributed by atoms with Crippen LogP contribution in [-0.2, 0) is 6.54 Å². The molecule has 0 unspecified atom stereocenters. The van der Waals surface area contributed by atoms with Crippen LogP contribution in [0.4, 0.5) is 4.39 Å². The first-order chi connectivity index (χ1) is 7.46. The van der Waals surface area contributed by atoms with Crippen LogP contribution in [0.15, 0.2) is 18.2 Å². The van der Waals surface area contributed by atoms with Crippen molar-refractivity contribution >= 4 is 27.5 Å². The zero-order valence-electron chi connectivity index (χ0n) is 9.49. The minimum atomic E-state index is -0.327. The Hall–Kier alpha value is -0.120. The number of nitrogens with one attached hydrogen (secondary N) is 1. The van der Waals surface area contributed by atoms with E-state index in [1.54, 1.807) is 18.2 Å². The van der Waals surface area contributed by atoms with Gasteiger partial charge in [-0.3, -0.25) is 0 Å². The van der Waals surface area contributed by atoms with Crippen LogP contribution < -0.4 is 5.32 Å². The third-order valence-electron chi connectivity index (χ3n) is 2.51. The Bertz CT molecular complexity index is 355. The van der Waals surface area contributed by atoms with E-state index in [1.807, 2.05) is 0 Å². The topological polar surface area (TPSA) is 12.0 Å². The summed E-state index contributed by atoms with van der Waals surface area (Å²) in [5.74, 6) is -0.327. The highest BCUT2D eigenvalue weighted by atomic mass is 79.9. The van der Waals surface area contributed by atoms with Gasteiger partial charge in [0.05, 0.1) is 5.02 Å². The first-order valence-corrected chi connectivity index (χ1v) is 6.70. The van der Waals surface area contributed by atoms with E-state index in [4.69, 9.17) is 11.6 Å². The predicted molar refractivity (Wildman–Crippen MR) is 70.7 cm³/mol. The lowest BCUT2D eigenvalue weighted by molar-refractivity contribution is 0.374. The molecule has 0 aliphatic carbocycles. The van der Waals surface area contributed by atoms with Gasteiger partial charge in [-0.2, -0.15) is 0 Å². The molecule has 4 heteroatoms. The first kappa shape index (κ1) is 13.9. The Morgan fingerprint density at radius 3 is 2.75 bits per heavy atom. The minimum Gasteiger partial charge on any atom is -0.308 e. The van der Waals surface area contributed by atoms with Gasteiger partial charge in [0.1, 0.15) is 5.82 Å². The molecule has 0 amide bonds. The second-order valence-electron chi connectivity index (χ2n) is 4.39. The number of halogens is 3. The number of hydrogen-bond donors (Lipinski definition) is 1. The van der Waals surface area contributed by atoms with E-state index in [0.717, 1.165) is 11.8 Å². The van der Waals surface area contributed by atoms with Crippen LogP contribution in [-0.4, -0.2) is 10.9 Å². The van der Waals surface area contributed by atoms with Gasteiger partial charge < -0.3 is 5.32 Å². The Kier molecular flexibility index (Phi) is 5.22. The van der Waals surface area contributed by atoms with E-state index < -0.39 is 0 Å². The monoisotopic (exact) mass is 307 g/mol. The van der Waals surface area contributed by atoms with Gasteiger partial charge in [-0.15, -0.1) is 0 Å². The highest BCUT2D eigenvalue weighted by Gasteiger charge is 2.16. The molecule has 0 aromatic heterocycles. The molecule has 1 nitrogen and oxygen atoms in total. The Morgan fingerprint density at radius 1 is 1.44 bits per heavy atom. The highest BCUT2D eigenvalue weighted by Crippen LogP contribution is 2.19. The average molecular weight is 309 g/mol. The second-order valence-corrected chi connectivity index (χ2v) is 5.59. The van der Waals surface area contributed by atoms with Crippen molar-refractivity contribution in [2.45, 2.75) is 32.4 Å². The number of alkyl halides is 1. The Morgan fingerprint density at radius 2 is 2.12 bits per heavy atom. The zero-order valence-corrected chi connectivity index (χ0v) is 11.8. The minimum absolute atomic E-state index is 0.0156. The van der Waals surface area contributed by atoms with Crippen LogP contribution in [0, 0.1) is 5.82 Å². The molecule has 0 spiro atoms. The largest absolute Gasteiger partial charge is 0.308 e. The van der Waals surface area contributed by atoms with Crippen molar-refractivity contribution < 1.29 is 4.39 Å². The molecule has 16 heavy (non-hydrogen) atoms. The third kappa shape index (κ3) is 4.04. The maximum Gasteiger partial charge on any atom is 0.146 e. The van der Waals surface area contributed by atoms with E-state index in [9.17, 15) is 4.39 Å². The van der Waals surface area contributed by atoms with Crippen LogP contribution in [0.1, 0.15) is 25.8 Å². The van der Waals surface area contributed by atoms with Crippen molar-refractivity contribution in [3.63, 3.8) is 0 Å². The van der Waals surface area contributed by atoms with E-state index in [0.29, 0.717) is 12.1 Å². The lowest BCUT2D eigenvalue weighted by Crippen LogP contribution is -2.39. The zero-order chi connectivity index (χ0) is 12.2. The lowest BCUT2D eigenvalue weighted by Gasteiger charge is -2.25. The molecule has 0 aliphatic rings. The molecule has 0 heterocycles. The normalized spacial score (nSPS) is 11.8. The van der Waals surface area contributed by atoms with Gasteiger partial charge in [-0.1, -0.05) is 39.7 Å². The van der Waals surface area contributed by atoms with Crippen molar-refractivity contribution in [1.29, 1.82) is 0 Å². The summed E-state index contributed by atoms with van der Waals surface area (Å²) in [5, 5.41) is 4.42. The molecule has 1 rings (SSSR count). The fraction of sp³-hybridized carbons (Fsp3) is 0.500. The molecule has 0 saturated heterocycles. The maximum absolute atomic E-state index is 13.6. The summed E-state index contributed by atoms with van der Waals surface area (Å²) >= 11 is 9.12. The van der Waals surface area contributed by atoms with Gasteiger partial charge in [-0.25, -0.2) is 4.39 Å². The van der Waals surface area contributed by atoms with Crippen molar-refractivity contribution in [3.05, 3.63) is 34.6 Å². The summed E-state index contributed by atoms with van der Waals surface area (Å²) in [6.07, 6.45) is 0.981. The molecule has 0 atom stereocenters. The number of hydrogen-bond acceptors (Lipinski definition) is 1. The summed E-state index contributed by atoms with van der Waals surface area (Å²) in [5.41, 5.74) is 0.591. The van der Waals surface area contributed by atoms with Crippen LogP contribution in [0.2, 0.25) is 5.02 Å². The van der Waals surface area contributed by atoms with E-state index in [-0.39, 0.29) is 16.4 Å². The third-order valence-corrected chi connectivity index (χ3v) is 3.20. The molecule has 0 radical (unpaired) electrons. The molecule has 90 valence electrons. The van der Waals surface area contributed by atoms with Crippen LogP contribution in [0.5, 0.6) is 0 Å². The van der Waals surface area contributed by atoms with Gasteiger partial charge >= 0.3 is 0 Å². The summed E-state index contributed by atoms with van der Waals surface area (Å²) in [6, 6.07) is 5.07. The van der Waals surface area contributed by atoms with E-state index in [1.165, 1.54) is 0 Å². The van der Waals surface area contributed by atoms with Gasteiger partial charge in [0.2, 0.25) is 0 Å². The lowest BCUT2D eigenvalue weighted by atomic mass is 10.0. The summed E-state index contributed by atoms with van der Waals surface area (Å²) < 4.78 is 13.6. The first-order valence-electron chi connectivity index (χ1n) is 5.20. The molecule has 1 aromatic carbocycles. The fourth-order valence-electron chi connectivity index (χ4n) is 1.34. The fourth-order valence-corrected chi connectivity index (χ4v) is 2.53. The van der Waals surface area contributed by atoms with Crippen molar-refractivity contribution in [2.75, 3.05) is 5.33 Å². The highest BCUT2D eigenvalue weighted by molar-refractivity contribution is 9.09. The second kappa shape index (κ2) is 5.99. The molecular formula is C12H16BrClFN. The molecule has 0 saturated carbocycles. The molecular weight excluding hydrogens is 292 g/mol. The van der Waals surface area contributed by atoms with Gasteiger partial charge in [0.15, 0.2) is 0 Å². The van der Waals surface area contributed by atoms with Crippen molar-refractivity contribution in [2.24, 2.45) is 0 Å². The van der Waals surface area contributed by atoms with E-state index in [2.05, 4.69) is 35.1 Å². The SMILES string of the molecule is CC(C)(CCBr)NCc1cccc(Cl)c1F. The maximum atomic E-state index is 13.6. The summed E-state index contributed by atoms with van der Waals surface area (Å²) in [4.78, 5) is 0. The quantitative estimate of drug-likeness (QED) is 0.806. The van der Waals surface area contributed by atoms with E-state index >= 15 is 0 Å². The van der Waals surface area contributed by atoms with Crippen molar-refractivity contribution in [3.8, 4) is 0 Å². The average Bonchev–Trinajstić information content (AvgIpc) is 2.20.